The summed E-state index contributed by atoms with van der Waals surface area (Å²) in [4.78, 5) is 11.8. The van der Waals surface area contributed by atoms with Crippen LogP contribution >= 0.6 is 63.7 Å². The van der Waals surface area contributed by atoms with Gasteiger partial charge in [-0.3, -0.25) is 4.79 Å². The fourth-order valence-electron chi connectivity index (χ4n) is 1.89. The van der Waals surface area contributed by atoms with E-state index in [1.54, 1.807) is 19.1 Å². The number of halogens is 4. The van der Waals surface area contributed by atoms with Crippen molar-refractivity contribution in [1.29, 1.82) is 0 Å². The summed E-state index contributed by atoms with van der Waals surface area (Å²) < 4.78 is 28.6. The molecule has 2 rings (SSSR count). The molecule has 0 bridgehead atoms. The Balaban J connectivity index is 2.61. The predicted molar refractivity (Wildman–Crippen MR) is 106 cm³/mol. The van der Waals surface area contributed by atoms with Crippen LogP contribution in [-0.4, -0.2) is 29.1 Å². The van der Waals surface area contributed by atoms with Crippen LogP contribution in [0.25, 0.3) is 0 Å². The molecule has 9 heteroatoms. The van der Waals surface area contributed by atoms with Crippen molar-refractivity contribution in [3.8, 4) is 0 Å². The van der Waals surface area contributed by atoms with Gasteiger partial charge < -0.3 is 0 Å². The average Bonchev–Trinajstić information content (AvgIpc) is 2.49. The van der Waals surface area contributed by atoms with Gasteiger partial charge in [-0.15, -0.1) is 0 Å². The monoisotopic (exact) mass is 589 g/mol. The SMILES string of the molecule is Cc1ccc(S(=O)(=O)/N=C2\C(Br)=C(Br)C(=O)C(C)(Br)C2Br)cc1. The van der Waals surface area contributed by atoms with E-state index in [4.69, 9.17) is 0 Å². The molecule has 4 nitrogen and oxygen atoms in total. The maximum Gasteiger partial charge on any atom is 0.282 e. The molecular formula is C14H11Br4NO3S. The van der Waals surface area contributed by atoms with Crippen LogP contribution in [0.2, 0.25) is 0 Å². The van der Waals surface area contributed by atoms with E-state index >= 15 is 0 Å². The van der Waals surface area contributed by atoms with Crippen LogP contribution in [0.15, 0.2) is 42.5 Å². The highest BCUT2D eigenvalue weighted by Crippen LogP contribution is 2.43. The first-order chi connectivity index (χ1) is 10.5. The van der Waals surface area contributed by atoms with Gasteiger partial charge in [0.2, 0.25) is 0 Å². The van der Waals surface area contributed by atoms with E-state index in [1.165, 1.54) is 12.1 Å². The summed E-state index contributed by atoms with van der Waals surface area (Å²) in [6.45, 7) is 3.53. The summed E-state index contributed by atoms with van der Waals surface area (Å²) >= 11 is 13.2. The van der Waals surface area contributed by atoms with Crippen LogP contribution in [0, 0.1) is 6.92 Å². The first kappa shape index (κ1) is 19.5. The number of carbonyl (C=O) groups excluding carboxylic acids is 1. The topological polar surface area (TPSA) is 63.6 Å². The van der Waals surface area contributed by atoms with E-state index < -0.39 is 19.2 Å². The van der Waals surface area contributed by atoms with Crippen molar-refractivity contribution in [1.82, 2.24) is 0 Å². The number of hydrogen-bond acceptors (Lipinski definition) is 3. The molecular weight excluding hydrogens is 582 g/mol. The van der Waals surface area contributed by atoms with Crippen molar-refractivity contribution in [2.24, 2.45) is 4.40 Å². The van der Waals surface area contributed by atoms with E-state index in [2.05, 4.69) is 68.1 Å². The first-order valence-corrected chi connectivity index (χ1v) is 11.1. The normalized spacial score (nSPS) is 27.7. The molecule has 0 saturated carbocycles. The number of alkyl halides is 2. The van der Waals surface area contributed by atoms with Gasteiger partial charge in [0.1, 0.15) is 4.32 Å². The van der Waals surface area contributed by atoms with Crippen LogP contribution in [0.5, 0.6) is 0 Å². The number of ketones is 1. The van der Waals surface area contributed by atoms with Gasteiger partial charge in [0.15, 0.2) is 5.78 Å². The fourth-order valence-corrected chi connectivity index (χ4v) is 5.82. The van der Waals surface area contributed by atoms with Gasteiger partial charge in [0, 0.05) is 0 Å². The van der Waals surface area contributed by atoms with E-state index in [0.29, 0.717) is 4.48 Å². The van der Waals surface area contributed by atoms with Gasteiger partial charge in [0.05, 0.1) is 24.4 Å². The molecule has 0 fully saturated rings. The second-order valence-corrected chi connectivity index (χ2v) is 10.9. The smallest absolute Gasteiger partial charge is 0.282 e. The van der Waals surface area contributed by atoms with Gasteiger partial charge in [-0.05, 0) is 57.8 Å². The predicted octanol–water partition coefficient (Wildman–Crippen LogP) is 4.63. The minimum atomic E-state index is -3.89. The number of benzene rings is 1. The zero-order valence-electron chi connectivity index (χ0n) is 12.0. The van der Waals surface area contributed by atoms with Crippen LogP contribution < -0.4 is 0 Å². The molecule has 2 unspecified atom stereocenters. The Morgan fingerprint density at radius 1 is 1.13 bits per heavy atom. The summed E-state index contributed by atoms with van der Waals surface area (Å²) in [6.07, 6.45) is 0. The molecule has 1 aromatic rings. The van der Waals surface area contributed by atoms with Crippen molar-refractivity contribution in [3.05, 3.63) is 38.8 Å². The number of allylic oxidation sites excluding steroid dienone is 2. The molecule has 0 heterocycles. The minimum Gasteiger partial charge on any atom is -0.292 e. The lowest BCUT2D eigenvalue weighted by Gasteiger charge is -2.32. The highest BCUT2D eigenvalue weighted by molar-refractivity contribution is 9.15. The lowest BCUT2D eigenvalue weighted by Crippen LogP contribution is -2.46. The van der Waals surface area contributed by atoms with Crippen molar-refractivity contribution in [2.45, 2.75) is 27.9 Å². The van der Waals surface area contributed by atoms with E-state index in [9.17, 15) is 13.2 Å². The van der Waals surface area contributed by atoms with Gasteiger partial charge in [-0.1, -0.05) is 49.6 Å². The van der Waals surface area contributed by atoms with E-state index in [0.717, 1.165) is 5.56 Å². The van der Waals surface area contributed by atoms with E-state index in [1.807, 2.05) is 6.92 Å². The highest BCUT2D eigenvalue weighted by atomic mass is 79.9. The van der Waals surface area contributed by atoms with Gasteiger partial charge in [-0.2, -0.15) is 12.8 Å². The van der Waals surface area contributed by atoms with Gasteiger partial charge in [0.25, 0.3) is 10.0 Å². The second kappa shape index (κ2) is 6.82. The number of nitrogens with zero attached hydrogens (tertiary/aromatic N) is 1. The standard InChI is InChI=1S/C14H11Br4NO3S/c1-7-3-5-8(6-4-7)23(21,22)19-11-9(15)10(16)13(20)14(2,18)12(11)17/h3-6,12H,1-2H3/b19-11+. The molecule has 124 valence electrons. The second-order valence-electron chi connectivity index (χ2n) is 5.16. The number of Topliss-reactive ketones (excluding diaryl/α,β-unsaturated/α-hetero) is 1. The van der Waals surface area contributed by atoms with Crippen molar-refractivity contribution >= 4 is 85.2 Å². The Bertz CT molecular complexity index is 826. The molecule has 0 aliphatic heterocycles. The summed E-state index contributed by atoms with van der Waals surface area (Å²) in [6, 6.07) is 6.43. The zero-order valence-corrected chi connectivity index (χ0v) is 19.1. The summed E-state index contributed by atoms with van der Waals surface area (Å²) in [5.41, 5.74) is 1.17. The molecule has 1 aliphatic rings. The van der Waals surface area contributed by atoms with Gasteiger partial charge in [-0.25, -0.2) is 0 Å². The third kappa shape index (κ3) is 3.73. The Kier molecular flexibility index (Phi) is 5.78. The molecule has 0 aromatic heterocycles. The molecule has 1 aliphatic carbocycles. The van der Waals surface area contributed by atoms with Crippen LogP contribution in [-0.2, 0) is 14.8 Å². The Labute approximate surface area is 168 Å². The molecule has 2 atom stereocenters. The highest BCUT2D eigenvalue weighted by Gasteiger charge is 2.47. The van der Waals surface area contributed by atoms with Gasteiger partial charge >= 0.3 is 0 Å². The molecule has 0 saturated heterocycles. The molecule has 1 aromatic carbocycles. The molecule has 0 radical (unpaired) electrons. The number of rotatable bonds is 2. The zero-order chi connectivity index (χ0) is 17.6. The molecule has 0 amide bonds. The van der Waals surface area contributed by atoms with Crippen LogP contribution in [0.3, 0.4) is 0 Å². The Morgan fingerprint density at radius 3 is 2.17 bits per heavy atom. The summed E-state index contributed by atoms with van der Waals surface area (Å²) in [7, 11) is -3.89. The summed E-state index contributed by atoms with van der Waals surface area (Å²) in [5, 5.41) is 0. The van der Waals surface area contributed by atoms with E-state index in [-0.39, 0.29) is 20.9 Å². The third-order valence-corrected chi connectivity index (χ3v) is 9.49. The number of hydrogen-bond donors (Lipinski definition) is 0. The lowest BCUT2D eigenvalue weighted by atomic mass is 9.93. The Hall–Kier alpha value is 0.170. The summed E-state index contributed by atoms with van der Waals surface area (Å²) in [5.74, 6) is -0.210. The average molecular weight is 593 g/mol. The maximum atomic E-state index is 12.5. The van der Waals surface area contributed by atoms with Crippen molar-refractivity contribution in [3.63, 3.8) is 0 Å². The van der Waals surface area contributed by atoms with Crippen LogP contribution in [0.1, 0.15) is 12.5 Å². The minimum absolute atomic E-state index is 0.0971. The molecule has 0 N–H and O–H groups in total. The lowest BCUT2D eigenvalue weighted by molar-refractivity contribution is -0.116. The first-order valence-electron chi connectivity index (χ1n) is 6.33. The maximum absolute atomic E-state index is 12.5. The largest absolute Gasteiger partial charge is 0.292 e. The number of aryl methyl sites for hydroxylation is 1. The molecule has 0 spiro atoms. The number of sulfonamides is 1. The van der Waals surface area contributed by atoms with Crippen molar-refractivity contribution in [2.75, 3.05) is 0 Å². The quantitative estimate of drug-likeness (QED) is 0.471. The van der Waals surface area contributed by atoms with Crippen molar-refractivity contribution < 1.29 is 13.2 Å². The Morgan fingerprint density at radius 2 is 1.65 bits per heavy atom. The van der Waals surface area contributed by atoms with Crippen LogP contribution in [0.4, 0.5) is 0 Å². The fraction of sp³-hybridized carbons (Fsp3) is 0.286. The third-order valence-electron chi connectivity index (χ3n) is 3.31. The number of carbonyl (C=O) groups is 1. The molecule has 23 heavy (non-hydrogen) atoms.